The molecular formula is C11H20O2. The Morgan fingerprint density at radius 3 is 1.54 bits per heavy atom. The number of aliphatic hydroxyl groups is 2. The Kier molecular flexibility index (Phi) is 2.61. The molecule has 4 rings (SSSR count). The van der Waals surface area contributed by atoms with Crippen LogP contribution < -0.4 is 0 Å². The molecule has 2 N–H and O–H groups in total. The number of hydrogen-bond acceptors (Lipinski definition) is 2. The summed E-state index contributed by atoms with van der Waals surface area (Å²) in [5, 5.41) is 16.8. The zero-order valence-corrected chi connectivity index (χ0v) is 8.32. The van der Waals surface area contributed by atoms with E-state index in [-0.39, 0.29) is 6.10 Å². The Labute approximate surface area is 80.0 Å². The van der Waals surface area contributed by atoms with E-state index >= 15 is 0 Å². The molecule has 76 valence electrons. The maximum absolute atomic E-state index is 9.83. The van der Waals surface area contributed by atoms with Gasteiger partial charge in [0.2, 0.25) is 0 Å². The van der Waals surface area contributed by atoms with Crippen LogP contribution in [0.3, 0.4) is 0 Å². The summed E-state index contributed by atoms with van der Waals surface area (Å²) < 4.78 is 0. The van der Waals surface area contributed by atoms with Crippen LogP contribution in [-0.4, -0.2) is 23.4 Å². The fraction of sp³-hybridized carbons (Fsp3) is 1.00. The van der Waals surface area contributed by atoms with E-state index in [1.165, 1.54) is 32.1 Å². The first-order chi connectivity index (χ1) is 6.33. The largest absolute Gasteiger partial charge is 0.400 e. The molecule has 0 radical (unpaired) electrons. The Bertz CT molecular complexity index is 151. The molecule has 4 saturated carbocycles. The third-order valence-corrected chi connectivity index (χ3v) is 4.18. The molecule has 0 aliphatic heterocycles. The quantitative estimate of drug-likeness (QED) is 0.597. The first-order valence-electron chi connectivity index (χ1n) is 5.45. The second-order valence-corrected chi connectivity index (χ2v) is 4.92. The smallest absolute Gasteiger partial charge is 0.0596 e. The van der Waals surface area contributed by atoms with Gasteiger partial charge in [-0.1, -0.05) is 0 Å². The van der Waals surface area contributed by atoms with Gasteiger partial charge in [0.15, 0.2) is 0 Å². The number of aliphatic hydroxyl groups excluding tert-OH is 2. The second-order valence-electron chi connectivity index (χ2n) is 4.92. The molecule has 0 atom stereocenters. The minimum atomic E-state index is 0.0859. The molecule has 4 aliphatic rings. The van der Waals surface area contributed by atoms with Crippen LogP contribution in [-0.2, 0) is 0 Å². The number of rotatable bonds is 0. The maximum Gasteiger partial charge on any atom is 0.0596 e. The first-order valence-corrected chi connectivity index (χ1v) is 5.45. The molecule has 13 heavy (non-hydrogen) atoms. The molecule has 4 fully saturated rings. The monoisotopic (exact) mass is 184 g/mol. The molecule has 2 heteroatoms. The van der Waals surface area contributed by atoms with E-state index in [0.717, 1.165) is 18.9 Å². The lowest BCUT2D eigenvalue weighted by Crippen LogP contribution is -2.48. The van der Waals surface area contributed by atoms with E-state index < -0.39 is 0 Å². The van der Waals surface area contributed by atoms with Gasteiger partial charge in [0.1, 0.15) is 0 Å². The van der Waals surface area contributed by atoms with Gasteiger partial charge in [-0.25, -0.2) is 0 Å². The molecular weight excluding hydrogens is 164 g/mol. The summed E-state index contributed by atoms with van der Waals surface area (Å²) >= 11 is 0. The molecule has 4 bridgehead atoms. The van der Waals surface area contributed by atoms with Crippen molar-refractivity contribution in [1.29, 1.82) is 0 Å². The Morgan fingerprint density at radius 2 is 1.15 bits per heavy atom. The van der Waals surface area contributed by atoms with Gasteiger partial charge >= 0.3 is 0 Å². The summed E-state index contributed by atoms with van der Waals surface area (Å²) in [6, 6.07) is 0. The van der Waals surface area contributed by atoms with E-state index in [0.29, 0.717) is 11.8 Å². The normalized spacial score (nSPS) is 51.5. The highest BCUT2D eigenvalue weighted by Crippen LogP contribution is 2.53. The molecule has 0 aromatic heterocycles. The zero-order chi connectivity index (χ0) is 9.42. The van der Waals surface area contributed by atoms with Crippen molar-refractivity contribution in [2.24, 2.45) is 23.7 Å². The van der Waals surface area contributed by atoms with Crippen molar-refractivity contribution in [3.05, 3.63) is 0 Å². The van der Waals surface area contributed by atoms with Crippen LogP contribution in [0.1, 0.15) is 32.1 Å². The van der Waals surface area contributed by atoms with Crippen molar-refractivity contribution in [2.75, 3.05) is 7.11 Å². The van der Waals surface area contributed by atoms with E-state index in [2.05, 4.69) is 0 Å². The zero-order valence-electron chi connectivity index (χ0n) is 8.32. The molecule has 0 aromatic rings. The third-order valence-electron chi connectivity index (χ3n) is 4.18. The molecule has 0 amide bonds. The summed E-state index contributed by atoms with van der Waals surface area (Å²) in [7, 11) is 1.00. The van der Waals surface area contributed by atoms with Gasteiger partial charge < -0.3 is 10.2 Å². The summed E-state index contributed by atoms with van der Waals surface area (Å²) in [6.07, 6.45) is 6.94. The van der Waals surface area contributed by atoms with Gasteiger partial charge in [-0.15, -0.1) is 0 Å². The lowest BCUT2D eigenvalue weighted by Gasteiger charge is -2.52. The van der Waals surface area contributed by atoms with Crippen LogP contribution in [0.2, 0.25) is 0 Å². The van der Waals surface area contributed by atoms with Crippen molar-refractivity contribution in [3.8, 4) is 0 Å². The topological polar surface area (TPSA) is 40.5 Å². The van der Waals surface area contributed by atoms with Gasteiger partial charge in [-0.3, -0.25) is 0 Å². The van der Waals surface area contributed by atoms with Gasteiger partial charge in [0.05, 0.1) is 6.10 Å². The maximum atomic E-state index is 9.83. The van der Waals surface area contributed by atoms with Crippen LogP contribution in [0.25, 0.3) is 0 Å². The number of hydrogen-bond donors (Lipinski definition) is 2. The average Bonchev–Trinajstić information content (AvgIpc) is 2.16. The minimum Gasteiger partial charge on any atom is -0.400 e. The van der Waals surface area contributed by atoms with Crippen LogP contribution in [0.4, 0.5) is 0 Å². The fourth-order valence-corrected chi connectivity index (χ4v) is 3.90. The highest BCUT2D eigenvalue weighted by Gasteiger charge is 2.47. The van der Waals surface area contributed by atoms with Gasteiger partial charge in [0.25, 0.3) is 0 Å². The van der Waals surface area contributed by atoms with Crippen molar-refractivity contribution >= 4 is 0 Å². The Balaban J connectivity index is 0.000000308. The van der Waals surface area contributed by atoms with Crippen LogP contribution >= 0.6 is 0 Å². The highest BCUT2D eigenvalue weighted by atomic mass is 16.3. The van der Waals surface area contributed by atoms with Gasteiger partial charge in [-0.2, -0.15) is 0 Å². The predicted molar refractivity (Wildman–Crippen MR) is 51.2 cm³/mol. The lowest BCUT2D eigenvalue weighted by molar-refractivity contribution is -0.0919. The van der Waals surface area contributed by atoms with Gasteiger partial charge in [0, 0.05) is 7.11 Å². The summed E-state index contributed by atoms with van der Waals surface area (Å²) in [4.78, 5) is 0. The van der Waals surface area contributed by atoms with E-state index in [4.69, 9.17) is 5.11 Å². The minimum absolute atomic E-state index is 0.0859. The molecule has 0 saturated heterocycles. The van der Waals surface area contributed by atoms with Crippen molar-refractivity contribution < 1.29 is 10.2 Å². The Hall–Kier alpha value is -0.0800. The van der Waals surface area contributed by atoms with Crippen molar-refractivity contribution in [2.45, 2.75) is 38.2 Å². The molecule has 2 nitrogen and oxygen atoms in total. The van der Waals surface area contributed by atoms with Crippen LogP contribution in [0.5, 0.6) is 0 Å². The SMILES string of the molecule is CO.OC1C2CC3CC(C2)CC1C3. The molecule has 0 unspecified atom stereocenters. The predicted octanol–water partition coefficient (Wildman–Crippen LogP) is 1.41. The highest BCUT2D eigenvalue weighted by molar-refractivity contribution is 4.97. The molecule has 0 spiro atoms. The third kappa shape index (κ3) is 1.50. The standard InChI is InChI=1S/C10H16O.CH4O/c11-10-8-2-6-1-7(4-8)5-9(10)3-6;1-2/h6-11H,1-5H2;2H,1H3. The lowest BCUT2D eigenvalue weighted by atomic mass is 9.55. The van der Waals surface area contributed by atoms with E-state index in [1.54, 1.807) is 0 Å². The first kappa shape index (κ1) is 9.47. The fourth-order valence-electron chi connectivity index (χ4n) is 3.90. The second kappa shape index (κ2) is 3.58. The van der Waals surface area contributed by atoms with Crippen molar-refractivity contribution in [1.82, 2.24) is 0 Å². The summed E-state index contributed by atoms with van der Waals surface area (Å²) in [5.74, 6) is 3.40. The summed E-state index contributed by atoms with van der Waals surface area (Å²) in [5.41, 5.74) is 0. The van der Waals surface area contributed by atoms with Crippen LogP contribution in [0.15, 0.2) is 0 Å². The average molecular weight is 184 g/mol. The van der Waals surface area contributed by atoms with Crippen LogP contribution in [0, 0.1) is 23.7 Å². The molecule has 0 heterocycles. The van der Waals surface area contributed by atoms with E-state index in [9.17, 15) is 5.11 Å². The van der Waals surface area contributed by atoms with Crippen molar-refractivity contribution in [3.63, 3.8) is 0 Å². The van der Waals surface area contributed by atoms with E-state index in [1.807, 2.05) is 0 Å². The Morgan fingerprint density at radius 1 is 0.769 bits per heavy atom. The molecule has 0 aromatic carbocycles. The summed E-state index contributed by atoms with van der Waals surface area (Å²) in [6.45, 7) is 0. The molecule has 4 aliphatic carbocycles. The van der Waals surface area contributed by atoms with Gasteiger partial charge in [-0.05, 0) is 55.8 Å².